The number of hydrogen-bond acceptors (Lipinski definition) is 2. The third kappa shape index (κ3) is 2.35. The van der Waals surface area contributed by atoms with E-state index in [0.29, 0.717) is 12.5 Å². The van der Waals surface area contributed by atoms with Gasteiger partial charge in [0.1, 0.15) is 0 Å². The van der Waals surface area contributed by atoms with Gasteiger partial charge >= 0.3 is 6.09 Å². The van der Waals surface area contributed by atoms with E-state index in [2.05, 4.69) is 38.2 Å². The van der Waals surface area contributed by atoms with Crippen molar-refractivity contribution in [2.75, 3.05) is 6.61 Å². The second-order valence-electron chi connectivity index (χ2n) is 5.14. The molecule has 98 valence electrons. The van der Waals surface area contributed by atoms with Crippen molar-refractivity contribution in [3.05, 3.63) is 34.4 Å². The van der Waals surface area contributed by atoms with Gasteiger partial charge in [-0.05, 0) is 49.8 Å². The molecule has 0 spiro atoms. The van der Waals surface area contributed by atoms with Gasteiger partial charge in [-0.15, -0.1) is 0 Å². The molecule has 0 heterocycles. The largest absolute Gasteiger partial charge is 0.450 e. The first-order valence-corrected chi connectivity index (χ1v) is 6.57. The van der Waals surface area contributed by atoms with Crippen LogP contribution in [0.5, 0.6) is 0 Å². The number of carbonyl (C=O) groups is 1. The fraction of sp³-hybridized carbons (Fsp3) is 0.533. The Morgan fingerprint density at radius 1 is 1.44 bits per heavy atom. The second kappa shape index (κ2) is 5.01. The molecule has 1 aliphatic carbocycles. The van der Waals surface area contributed by atoms with Gasteiger partial charge in [0.2, 0.25) is 0 Å². The van der Waals surface area contributed by atoms with Crippen molar-refractivity contribution in [1.82, 2.24) is 5.32 Å². The topological polar surface area (TPSA) is 38.3 Å². The van der Waals surface area contributed by atoms with Gasteiger partial charge in [0, 0.05) is 0 Å². The summed E-state index contributed by atoms with van der Waals surface area (Å²) < 4.78 is 4.97. The Kier molecular flexibility index (Phi) is 3.60. The Morgan fingerprint density at radius 3 is 2.83 bits per heavy atom. The summed E-state index contributed by atoms with van der Waals surface area (Å²) in [6.07, 6.45) is 0.640. The van der Waals surface area contributed by atoms with Gasteiger partial charge in [0.05, 0.1) is 12.6 Å². The molecule has 1 N–H and O–H groups in total. The second-order valence-corrected chi connectivity index (χ2v) is 5.14. The van der Waals surface area contributed by atoms with Crippen molar-refractivity contribution in [3.63, 3.8) is 0 Å². The lowest BCUT2D eigenvalue weighted by molar-refractivity contribution is 0.147. The zero-order valence-corrected chi connectivity index (χ0v) is 11.5. The highest BCUT2D eigenvalue weighted by atomic mass is 16.5. The van der Waals surface area contributed by atoms with Gasteiger partial charge in [-0.25, -0.2) is 4.79 Å². The molecule has 2 atom stereocenters. The highest BCUT2D eigenvalue weighted by Crippen LogP contribution is 2.42. The number of ether oxygens (including phenoxy) is 1. The molecule has 0 aromatic heterocycles. The number of hydrogen-bond donors (Lipinski definition) is 1. The molecule has 0 saturated heterocycles. The predicted molar refractivity (Wildman–Crippen MR) is 71.8 cm³/mol. The van der Waals surface area contributed by atoms with Crippen LogP contribution in [0.4, 0.5) is 4.79 Å². The van der Waals surface area contributed by atoms with E-state index < -0.39 is 0 Å². The zero-order chi connectivity index (χ0) is 13.3. The predicted octanol–water partition coefficient (Wildman–Crippen LogP) is 3.60. The Balaban J connectivity index is 2.27. The molecular formula is C15H21NO2. The smallest absolute Gasteiger partial charge is 0.407 e. The lowest BCUT2D eigenvalue weighted by Crippen LogP contribution is -2.28. The van der Waals surface area contributed by atoms with Gasteiger partial charge < -0.3 is 10.1 Å². The Hall–Kier alpha value is -1.51. The summed E-state index contributed by atoms with van der Waals surface area (Å²) in [5.41, 5.74) is 5.20. The first-order chi connectivity index (χ1) is 8.52. The van der Waals surface area contributed by atoms with E-state index in [4.69, 9.17) is 4.74 Å². The fourth-order valence-corrected chi connectivity index (χ4v) is 2.94. The maximum absolute atomic E-state index is 11.6. The summed E-state index contributed by atoms with van der Waals surface area (Å²) in [5.74, 6) is 0.491. The molecule has 0 fully saturated rings. The molecule has 0 saturated carbocycles. The lowest BCUT2D eigenvalue weighted by Gasteiger charge is -2.16. The van der Waals surface area contributed by atoms with Crippen LogP contribution in [0.2, 0.25) is 0 Å². The van der Waals surface area contributed by atoms with Crippen LogP contribution in [0.3, 0.4) is 0 Å². The van der Waals surface area contributed by atoms with E-state index in [1.165, 1.54) is 22.3 Å². The minimum absolute atomic E-state index is 0.0923. The highest BCUT2D eigenvalue weighted by molar-refractivity contribution is 5.68. The fourth-order valence-electron chi connectivity index (χ4n) is 2.94. The summed E-state index contributed by atoms with van der Waals surface area (Å²) in [6.45, 7) is 8.67. The molecule has 2 rings (SSSR count). The molecule has 1 aliphatic rings. The molecule has 0 bridgehead atoms. The number of carbonyl (C=O) groups excluding carboxylic acids is 1. The van der Waals surface area contributed by atoms with E-state index in [-0.39, 0.29) is 12.1 Å². The van der Waals surface area contributed by atoms with Crippen molar-refractivity contribution in [2.24, 2.45) is 0 Å². The van der Waals surface area contributed by atoms with Crippen molar-refractivity contribution in [2.45, 2.75) is 46.1 Å². The third-order valence-electron chi connectivity index (χ3n) is 3.60. The van der Waals surface area contributed by atoms with E-state index in [1.54, 1.807) is 0 Å². The minimum atomic E-state index is -0.317. The lowest BCUT2D eigenvalue weighted by atomic mass is 9.97. The molecule has 1 aromatic carbocycles. The number of fused-ring (bicyclic) bond motifs is 1. The Bertz CT molecular complexity index is 468. The van der Waals surface area contributed by atoms with Crippen molar-refractivity contribution in [3.8, 4) is 0 Å². The molecule has 1 aromatic rings. The van der Waals surface area contributed by atoms with Crippen LogP contribution < -0.4 is 5.32 Å². The van der Waals surface area contributed by atoms with Crippen LogP contribution in [0, 0.1) is 13.8 Å². The molecular weight excluding hydrogens is 226 g/mol. The molecule has 18 heavy (non-hydrogen) atoms. The summed E-state index contributed by atoms with van der Waals surface area (Å²) in [7, 11) is 0. The van der Waals surface area contributed by atoms with Crippen molar-refractivity contribution >= 4 is 6.09 Å². The van der Waals surface area contributed by atoms with Crippen LogP contribution in [-0.4, -0.2) is 12.7 Å². The van der Waals surface area contributed by atoms with E-state index in [9.17, 15) is 4.79 Å². The molecule has 2 unspecified atom stereocenters. The Labute approximate surface area is 109 Å². The van der Waals surface area contributed by atoms with Gasteiger partial charge in [-0.1, -0.05) is 24.6 Å². The third-order valence-corrected chi connectivity index (χ3v) is 3.60. The first kappa shape index (κ1) is 12.9. The van der Waals surface area contributed by atoms with Crippen LogP contribution in [0.25, 0.3) is 0 Å². The molecule has 1 amide bonds. The number of nitrogens with one attached hydrogen (secondary N) is 1. The van der Waals surface area contributed by atoms with E-state index in [0.717, 1.165) is 6.42 Å². The van der Waals surface area contributed by atoms with Gasteiger partial charge in [-0.2, -0.15) is 0 Å². The van der Waals surface area contributed by atoms with Crippen LogP contribution in [0.1, 0.15) is 54.5 Å². The van der Waals surface area contributed by atoms with Gasteiger partial charge in [0.15, 0.2) is 0 Å². The van der Waals surface area contributed by atoms with E-state index >= 15 is 0 Å². The maximum Gasteiger partial charge on any atom is 0.407 e. The normalized spacial score (nSPS) is 21.6. The molecule has 0 aliphatic heterocycles. The monoisotopic (exact) mass is 247 g/mol. The number of rotatable bonds is 2. The molecule has 0 radical (unpaired) electrons. The van der Waals surface area contributed by atoms with Crippen LogP contribution >= 0.6 is 0 Å². The number of alkyl carbamates (subject to hydrolysis) is 1. The number of benzene rings is 1. The Morgan fingerprint density at radius 2 is 2.17 bits per heavy atom. The number of amides is 1. The van der Waals surface area contributed by atoms with Crippen LogP contribution in [0.15, 0.2) is 12.1 Å². The van der Waals surface area contributed by atoms with Gasteiger partial charge in [0.25, 0.3) is 0 Å². The quantitative estimate of drug-likeness (QED) is 0.867. The SMILES string of the molecule is CCOC(=O)NC1CC(C)c2cc(C)cc(C)c21. The standard InChI is InChI=1S/C15H21NO2/c1-5-18-15(17)16-13-8-10(3)12-7-9(2)6-11(4)14(12)13/h6-7,10,13H,5,8H2,1-4H3,(H,16,17). The summed E-state index contributed by atoms with van der Waals surface area (Å²) in [6, 6.07) is 4.51. The maximum atomic E-state index is 11.6. The van der Waals surface area contributed by atoms with E-state index in [1.807, 2.05) is 6.92 Å². The van der Waals surface area contributed by atoms with Crippen LogP contribution in [-0.2, 0) is 4.74 Å². The van der Waals surface area contributed by atoms with Gasteiger partial charge in [-0.3, -0.25) is 0 Å². The summed E-state index contributed by atoms with van der Waals surface area (Å²) in [5, 5.41) is 2.97. The zero-order valence-electron chi connectivity index (χ0n) is 11.5. The summed E-state index contributed by atoms with van der Waals surface area (Å²) >= 11 is 0. The molecule has 3 nitrogen and oxygen atoms in total. The average molecular weight is 247 g/mol. The average Bonchev–Trinajstić information content (AvgIpc) is 2.55. The van der Waals surface area contributed by atoms with Crippen molar-refractivity contribution in [1.29, 1.82) is 0 Å². The minimum Gasteiger partial charge on any atom is -0.450 e. The number of aryl methyl sites for hydroxylation is 2. The molecule has 3 heteroatoms. The first-order valence-electron chi connectivity index (χ1n) is 6.57. The van der Waals surface area contributed by atoms with Crippen molar-refractivity contribution < 1.29 is 9.53 Å². The highest BCUT2D eigenvalue weighted by Gasteiger charge is 2.31. The summed E-state index contributed by atoms with van der Waals surface area (Å²) in [4.78, 5) is 11.6.